The molecule has 2 heterocycles. The molecule has 2 aliphatic rings. The average molecular weight is 250 g/mol. The van der Waals surface area contributed by atoms with E-state index in [2.05, 4.69) is 35.3 Å². The van der Waals surface area contributed by atoms with Crippen LogP contribution < -0.4 is 9.75 Å². The summed E-state index contributed by atoms with van der Waals surface area (Å²) < 4.78 is 5.81. The number of anilines is 1. The standard InChI is InChI=1S/C16H14N2O/c1-2-6-12(7-3-1)14-10-13-11-19-16-9-5-4-8-15(16)18(13)17-14/h1-9,13H,10-11H2. The molecule has 0 radical (unpaired) electrons. The van der Waals surface area contributed by atoms with Gasteiger partial charge in [-0.2, -0.15) is 5.10 Å². The van der Waals surface area contributed by atoms with Crippen LogP contribution in [0.25, 0.3) is 0 Å². The van der Waals surface area contributed by atoms with Crippen molar-refractivity contribution < 1.29 is 4.74 Å². The first kappa shape index (κ1) is 10.6. The van der Waals surface area contributed by atoms with Crippen LogP contribution in [0.5, 0.6) is 5.75 Å². The number of ether oxygens (including phenoxy) is 1. The highest BCUT2D eigenvalue weighted by Crippen LogP contribution is 2.37. The zero-order valence-corrected chi connectivity index (χ0v) is 10.5. The van der Waals surface area contributed by atoms with Crippen LogP contribution in [0.2, 0.25) is 0 Å². The Hall–Kier alpha value is -2.29. The molecule has 1 atom stereocenters. The first-order chi connectivity index (χ1) is 9.42. The molecule has 0 saturated carbocycles. The summed E-state index contributed by atoms with van der Waals surface area (Å²) in [7, 11) is 0. The van der Waals surface area contributed by atoms with Gasteiger partial charge in [0.2, 0.25) is 0 Å². The summed E-state index contributed by atoms with van der Waals surface area (Å²) in [6.07, 6.45) is 0.943. The van der Waals surface area contributed by atoms with E-state index in [-0.39, 0.29) is 0 Å². The van der Waals surface area contributed by atoms with E-state index < -0.39 is 0 Å². The van der Waals surface area contributed by atoms with Crippen molar-refractivity contribution in [2.24, 2.45) is 5.10 Å². The first-order valence-electron chi connectivity index (χ1n) is 6.56. The number of para-hydroxylation sites is 2. The SMILES string of the molecule is c1ccc(C2=NN3c4ccccc4OCC3C2)cc1. The van der Waals surface area contributed by atoms with Crippen LogP contribution in [-0.4, -0.2) is 18.4 Å². The van der Waals surface area contributed by atoms with Crippen molar-refractivity contribution in [1.82, 2.24) is 0 Å². The Morgan fingerprint density at radius 2 is 1.79 bits per heavy atom. The van der Waals surface area contributed by atoms with Gasteiger partial charge in [-0.1, -0.05) is 42.5 Å². The Morgan fingerprint density at radius 1 is 1.00 bits per heavy atom. The predicted octanol–water partition coefficient (Wildman–Crippen LogP) is 3.06. The molecule has 0 aromatic heterocycles. The molecule has 4 rings (SSSR count). The van der Waals surface area contributed by atoms with Gasteiger partial charge in [-0.05, 0) is 17.7 Å². The van der Waals surface area contributed by atoms with E-state index in [0.717, 1.165) is 23.6 Å². The van der Waals surface area contributed by atoms with Gasteiger partial charge >= 0.3 is 0 Å². The summed E-state index contributed by atoms with van der Waals surface area (Å²) in [6.45, 7) is 0.705. The molecule has 1 unspecified atom stereocenters. The summed E-state index contributed by atoms with van der Waals surface area (Å²) in [6, 6.07) is 18.8. The first-order valence-corrected chi connectivity index (χ1v) is 6.56. The number of hydrogen-bond donors (Lipinski definition) is 0. The van der Waals surface area contributed by atoms with Gasteiger partial charge in [0.25, 0.3) is 0 Å². The van der Waals surface area contributed by atoms with Crippen molar-refractivity contribution in [1.29, 1.82) is 0 Å². The molecule has 0 N–H and O–H groups in total. The molecule has 0 bridgehead atoms. The van der Waals surface area contributed by atoms with Gasteiger partial charge in [0.1, 0.15) is 18.0 Å². The van der Waals surface area contributed by atoms with Gasteiger partial charge < -0.3 is 4.74 Å². The van der Waals surface area contributed by atoms with E-state index >= 15 is 0 Å². The van der Waals surface area contributed by atoms with E-state index in [0.29, 0.717) is 12.6 Å². The average Bonchev–Trinajstić information content (AvgIpc) is 2.93. The lowest BCUT2D eigenvalue weighted by Gasteiger charge is -2.30. The van der Waals surface area contributed by atoms with Crippen LogP contribution in [0, 0.1) is 0 Å². The molecule has 0 amide bonds. The molecule has 3 nitrogen and oxygen atoms in total. The summed E-state index contributed by atoms with van der Waals surface area (Å²) >= 11 is 0. The molecule has 2 aliphatic heterocycles. The molecule has 0 fully saturated rings. The molecule has 2 aromatic rings. The topological polar surface area (TPSA) is 24.8 Å². The molecule has 0 saturated heterocycles. The second-order valence-electron chi connectivity index (χ2n) is 4.89. The number of hydrazone groups is 1. The van der Waals surface area contributed by atoms with Crippen molar-refractivity contribution in [3.05, 3.63) is 60.2 Å². The van der Waals surface area contributed by atoms with Gasteiger partial charge in [-0.3, -0.25) is 5.01 Å². The number of nitrogens with zero attached hydrogens (tertiary/aromatic N) is 2. The van der Waals surface area contributed by atoms with E-state index in [1.807, 2.05) is 24.3 Å². The van der Waals surface area contributed by atoms with Crippen molar-refractivity contribution in [3.63, 3.8) is 0 Å². The maximum absolute atomic E-state index is 5.81. The Bertz CT molecular complexity index is 636. The van der Waals surface area contributed by atoms with E-state index in [1.165, 1.54) is 5.56 Å². The zero-order valence-electron chi connectivity index (χ0n) is 10.5. The fraction of sp³-hybridized carbons (Fsp3) is 0.188. The molecule has 94 valence electrons. The minimum atomic E-state index is 0.324. The third kappa shape index (κ3) is 1.70. The Labute approximate surface area is 112 Å². The highest BCUT2D eigenvalue weighted by atomic mass is 16.5. The monoisotopic (exact) mass is 250 g/mol. The number of fused-ring (bicyclic) bond motifs is 3. The third-order valence-electron chi connectivity index (χ3n) is 3.65. The fourth-order valence-corrected chi connectivity index (χ4v) is 2.70. The number of benzene rings is 2. The van der Waals surface area contributed by atoms with Crippen molar-refractivity contribution in [3.8, 4) is 5.75 Å². The molecular formula is C16H14N2O. The highest BCUT2D eigenvalue weighted by molar-refractivity contribution is 6.03. The molecule has 2 aromatic carbocycles. The molecule has 0 aliphatic carbocycles. The molecule has 3 heteroatoms. The highest BCUT2D eigenvalue weighted by Gasteiger charge is 2.33. The Kier molecular flexibility index (Phi) is 2.30. The van der Waals surface area contributed by atoms with Gasteiger partial charge in [0.05, 0.1) is 11.8 Å². The normalized spacial score (nSPS) is 20.3. The van der Waals surface area contributed by atoms with Crippen LogP contribution >= 0.6 is 0 Å². The van der Waals surface area contributed by atoms with Gasteiger partial charge in [0.15, 0.2) is 0 Å². The van der Waals surface area contributed by atoms with Crippen LogP contribution in [0.4, 0.5) is 5.69 Å². The summed E-state index contributed by atoms with van der Waals surface area (Å²) in [5.74, 6) is 0.928. The van der Waals surface area contributed by atoms with Crippen LogP contribution in [0.15, 0.2) is 59.7 Å². The van der Waals surface area contributed by atoms with Gasteiger partial charge in [-0.25, -0.2) is 0 Å². The maximum Gasteiger partial charge on any atom is 0.144 e. The minimum absolute atomic E-state index is 0.324. The molecule has 0 spiro atoms. The second kappa shape index (κ2) is 4.12. The van der Waals surface area contributed by atoms with Crippen molar-refractivity contribution in [2.75, 3.05) is 11.6 Å². The number of rotatable bonds is 1. The Balaban J connectivity index is 1.74. The van der Waals surface area contributed by atoms with E-state index in [4.69, 9.17) is 9.84 Å². The summed E-state index contributed by atoms with van der Waals surface area (Å²) in [5.41, 5.74) is 3.42. The maximum atomic E-state index is 5.81. The van der Waals surface area contributed by atoms with Gasteiger partial charge in [-0.15, -0.1) is 0 Å². The number of hydrogen-bond acceptors (Lipinski definition) is 3. The Morgan fingerprint density at radius 3 is 2.68 bits per heavy atom. The third-order valence-corrected chi connectivity index (χ3v) is 3.65. The van der Waals surface area contributed by atoms with Crippen LogP contribution in [0.1, 0.15) is 12.0 Å². The molecule has 19 heavy (non-hydrogen) atoms. The quantitative estimate of drug-likeness (QED) is 0.777. The lowest BCUT2D eigenvalue weighted by Crippen LogP contribution is -2.36. The summed E-state index contributed by atoms with van der Waals surface area (Å²) in [4.78, 5) is 0. The lowest BCUT2D eigenvalue weighted by atomic mass is 10.0. The lowest BCUT2D eigenvalue weighted by molar-refractivity contribution is 0.271. The largest absolute Gasteiger partial charge is 0.489 e. The fourth-order valence-electron chi connectivity index (χ4n) is 2.70. The van der Waals surface area contributed by atoms with Gasteiger partial charge in [0, 0.05) is 6.42 Å². The van der Waals surface area contributed by atoms with E-state index in [1.54, 1.807) is 0 Å². The smallest absolute Gasteiger partial charge is 0.144 e. The second-order valence-corrected chi connectivity index (χ2v) is 4.89. The summed E-state index contributed by atoms with van der Waals surface area (Å²) in [5, 5.41) is 6.90. The van der Waals surface area contributed by atoms with E-state index in [9.17, 15) is 0 Å². The van der Waals surface area contributed by atoms with Crippen LogP contribution in [-0.2, 0) is 0 Å². The predicted molar refractivity (Wildman–Crippen MR) is 75.8 cm³/mol. The zero-order chi connectivity index (χ0) is 12.7. The van der Waals surface area contributed by atoms with Crippen molar-refractivity contribution >= 4 is 11.4 Å². The molecular weight excluding hydrogens is 236 g/mol. The van der Waals surface area contributed by atoms with Crippen LogP contribution in [0.3, 0.4) is 0 Å². The minimum Gasteiger partial charge on any atom is -0.489 e. The van der Waals surface area contributed by atoms with Crippen molar-refractivity contribution in [2.45, 2.75) is 12.5 Å².